The van der Waals surface area contributed by atoms with E-state index in [9.17, 15) is 0 Å². The molecule has 2 aliphatic rings. The zero-order valence-corrected chi connectivity index (χ0v) is 11.3. The molecule has 0 amide bonds. The standard InChI is InChI=1S/C14H27NO2/c1-11(2)8-15-9-13-6-7-14(17-13)10-16-12-4-3-5-12/h11-15H,3-10H2,1-2H3. The van der Waals surface area contributed by atoms with Crippen molar-refractivity contribution in [3.8, 4) is 0 Å². The molecule has 0 bridgehead atoms. The zero-order chi connectivity index (χ0) is 12.1. The van der Waals surface area contributed by atoms with Gasteiger partial charge in [0, 0.05) is 6.54 Å². The van der Waals surface area contributed by atoms with Crippen LogP contribution in [-0.2, 0) is 9.47 Å². The first kappa shape index (κ1) is 13.3. The van der Waals surface area contributed by atoms with Crippen LogP contribution in [0.3, 0.4) is 0 Å². The monoisotopic (exact) mass is 241 g/mol. The first-order chi connectivity index (χ1) is 8.24. The first-order valence-electron chi connectivity index (χ1n) is 7.22. The van der Waals surface area contributed by atoms with E-state index < -0.39 is 0 Å². The summed E-state index contributed by atoms with van der Waals surface area (Å²) in [6, 6.07) is 0. The normalized spacial score (nSPS) is 29.8. The maximum atomic E-state index is 5.97. The maximum absolute atomic E-state index is 5.97. The van der Waals surface area contributed by atoms with Crippen molar-refractivity contribution in [2.45, 2.75) is 64.3 Å². The topological polar surface area (TPSA) is 30.5 Å². The number of rotatable bonds is 7. The third kappa shape index (κ3) is 4.57. The van der Waals surface area contributed by atoms with Crippen LogP contribution in [0, 0.1) is 5.92 Å². The van der Waals surface area contributed by atoms with Gasteiger partial charge in [-0.15, -0.1) is 0 Å². The van der Waals surface area contributed by atoms with Gasteiger partial charge in [-0.25, -0.2) is 0 Å². The van der Waals surface area contributed by atoms with Crippen LogP contribution in [0.2, 0.25) is 0 Å². The highest BCUT2D eigenvalue weighted by Crippen LogP contribution is 2.25. The summed E-state index contributed by atoms with van der Waals surface area (Å²) in [5, 5.41) is 3.47. The van der Waals surface area contributed by atoms with Crippen molar-refractivity contribution >= 4 is 0 Å². The van der Waals surface area contributed by atoms with E-state index in [0.29, 0.717) is 24.2 Å². The summed E-state index contributed by atoms with van der Waals surface area (Å²) in [6.07, 6.45) is 7.50. The van der Waals surface area contributed by atoms with Crippen molar-refractivity contribution < 1.29 is 9.47 Å². The summed E-state index contributed by atoms with van der Waals surface area (Å²) in [7, 11) is 0. The zero-order valence-electron chi connectivity index (χ0n) is 11.3. The minimum Gasteiger partial charge on any atom is -0.376 e. The van der Waals surface area contributed by atoms with Crippen LogP contribution in [0.5, 0.6) is 0 Å². The highest BCUT2D eigenvalue weighted by Gasteiger charge is 2.27. The lowest BCUT2D eigenvalue weighted by Crippen LogP contribution is -2.31. The predicted octanol–water partition coefficient (Wildman–Crippen LogP) is 2.35. The molecule has 17 heavy (non-hydrogen) atoms. The van der Waals surface area contributed by atoms with E-state index in [2.05, 4.69) is 19.2 Å². The van der Waals surface area contributed by atoms with Crippen molar-refractivity contribution in [3.05, 3.63) is 0 Å². The van der Waals surface area contributed by atoms with Crippen LogP contribution in [0.15, 0.2) is 0 Å². The van der Waals surface area contributed by atoms with Gasteiger partial charge in [0.05, 0.1) is 24.9 Å². The Morgan fingerprint density at radius 3 is 2.59 bits per heavy atom. The Morgan fingerprint density at radius 2 is 1.94 bits per heavy atom. The van der Waals surface area contributed by atoms with Gasteiger partial charge in [-0.3, -0.25) is 0 Å². The molecule has 2 unspecified atom stereocenters. The van der Waals surface area contributed by atoms with Crippen LogP contribution in [0.4, 0.5) is 0 Å². The minimum absolute atomic E-state index is 0.349. The van der Waals surface area contributed by atoms with Gasteiger partial charge in [-0.05, 0) is 44.6 Å². The van der Waals surface area contributed by atoms with E-state index in [1.807, 2.05) is 0 Å². The fraction of sp³-hybridized carbons (Fsp3) is 1.00. The number of hydrogen-bond donors (Lipinski definition) is 1. The number of ether oxygens (including phenoxy) is 2. The molecule has 0 spiro atoms. The molecule has 3 heteroatoms. The fourth-order valence-electron chi connectivity index (χ4n) is 2.37. The highest BCUT2D eigenvalue weighted by molar-refractivity contribution is 4.77. The molecule has 2 rings (SSSR count). The van der Waals surface area contributed by atoms with E-state index in [1.54, 1.807) is 0 Å². The van der Waals surface area contributed by atoms with E-state index in [1.165, 1.54) is 32.1 Å². The molecule has 2 fully saturated rings. The van der Waals surface area contributed by atoms with Gasteiger partial charge in [0.15, 0.2) is 0 Å². The molecule has 1 N–H and O–H groups in total. The molecule has 2 atom stereocenters. The molecular weight excluding hydrogens is 214 g/mol. The van der Waals surface area contributed by atoms with Crippen LogP contribution in [0.25, 0.3) is 0 Å². The van der Waals surface area contributed by atoms with Gasteiger partial charge in [0.2, 0.25) is 0 Å². The Morgan fingerprint density at radius 1 is 1.18 bits per heavy atom. The second kappa shape index (κ2) is 6.72. The smallest absolute Gasteiger partial charge is 0.0814 e. The molecule has 3 nitrogen and oxygen atoms in total. The molecule has 0 aromatic heterocycles. The Balaban J connectivity index is 1.52. The van der Waals surface area contributed by atoms with E-state index in [0.717, 1.165) is 19.7 Å². The van der Waals surface area contributed by atoms with Gasteiger partial charge < -0.3 is 14.8 Å². The minimum atomic E-state index is 0.349. The van der Waals surface area contributed by atoms with Gasteiger partial charge >= 0.3 is 0 Å². The van der Waals surface area contributed by atoms with E-state index in [4.69, 9.17) is 9.47 Å². The second-order valence-electron chi connectivity index (χ2n) is 5.90. The van der Waals surface area contributed by atoms with Crippen molar-refractivity contribution in [1.82, 2.24) is 5.32 Å². The Hall–Kier alpha value is -0.120. The SMILES string of the molecule is CC(C)CNCC1CCC(COC2CCC2)O1. The molecule has 1 saturated heterocycles. The van der Waals surface area contributed by atoms with Gasteiger partial charge in [-0.1, -0.05) is 13.8 Å². The molecule has 0 radical (unpaired) electrons. The Kier molecular flexibility index (Phi) is 5.26. The lowest BCUT2D eigenvalue weighted by Gasteiger charge is -2.27. The largest absolute Gasteiger partial charge is 0.376 e. The Bertz CT molecular complexity index is 216. The van der Waals surface area contributed by atoms with Crippen molar-refractivity contribution in [1.29, 1.82) is 0 Å². The molecule has 0 aromatic rings. The number of hydrogen-bond acceptors (Lipinski definition) is 3. The average Bonchev–Trinajstić information content (AvgIpc) is 2.63. The van der Waals surface area contributed by atoms with Crippen LogP contribution in [-0.4, -0.2) is 38.0 Å². The summed E-state index contributed by atoms with van der Waals surface area (Å²) in [6.45, 7) is 7.36. The van der Waals surface area contributed by atoms with Crippen molar-refractivity contribution in [3.63, 3.8) is 0 Å². The first-order valence-corrected chi connectivity index (χ1v) is 7.22. The van der Waals surface area contributed by atoms with E-state index in [-0.39, 0.29) is 0 Å². The summed E-state index contributed by atoms with van der Waals surface area (Å²) >= 11 is 0. The average molecular weight is 241 g/mol. The Labute approximate surface area is 105 Å². The lowest BCUT2D eigenvalue weighted by molar-refractivity contribution is -0.0626. The number of nitrogens with one attached hydrogen (secondary N) is 1. The quantitative estimate of drug-likeness (QED) is 0.742. The van der Waals surface area contributed by atoms with Crippen molar-refractivity contribution in [2.75, 3.05) is 19.7 Å². The van der Waals surface area contributed by atoms with E-state index >= 15 is 0 Å². The van der Waals surface area contributed by atoms with Gasteiger partial charge in [-0.2, -0.15) is 0 Å². The third-order valence-electron chi connectivity index (χ3n) is 3.69. The maximum Gasteiger partial charge on any atom is 0.0814 e. The lowest BCUT2D eigenvalue weighted by atomic mass is 9.96. The molecule has 1 heterocycles. The molecule has 0 aromatic carbocycles. The molecule has 100 valence electrons. The predicted molar refractivity (Wildman–Crippen MR) is 69.2 cm³/mol. The molecule has 1 aliphatic heterocycles. The van der Waals surface area contributed by atoms with Crippen molar-refractivity contribution in [2.24, 2.45) is 5.92 Å². The van der Waals surface area contributed by atoms with Gasteiger partial charge in [0.1, 0.15) is 0 Å². The second-order valence-corrected chi connectivity index (χ2v) is 5.90. The van der Waals surface area contributed by atoms with Crippen LogP contribution >= 0.6 is 0 Å². The summed E-state index contributed by atoms with van der Waals surface area (Å²) in [4.78, 5) is 0. The fourth-order valence-corrected chi connectivity index (χ4v) is 2.37. The summed E-state index contributed by atoms with van der Waals surface area (Å²) in [5.41, 5.74) is 0. The van der Waals surface area contributed by atoms with Gasteiger partial charge in [0.25, 0.3) is 0 Å². The molecular formula is C14H27NO2. The summed E-state index contributed by atoms with van der Waals surface area (Å²) in [5.74, 6) is 0.717. The molecule has 1 aliphatic carbocycles. The van der Waals surface area contributed by atoms with Crippen LogP contribution in [0.1, 0.15) is 46.0 Å². The third-order valence-corrected chi connectivity index (χ3v) is 3.69. The van der Waals surface area contributed by atoms with Crippen LogP contribution < -0.4 is 5.32 Å². The highest BCUT2D eigenvalue weighted by atomic mass is 16.5. The summed E-state index contributed by atoms with van der Waals surface area (Å²) < 4.78 is 11.8. The molecule has 1 saturated carbocycles.